The predicted molar refractivity (Wildman–Crippen MR) is 76.4 cm³/mol. The fourth-order valence-electron chi connectivity index (χ4n) is 2.66. The Hall–Kier alpha value is -2.42. The molecule has 1 aliphatic rings. The van der Waals surface area contributed by atoms with Gasteiger partial charge in [-0.1, -0.05) is 48.5 Å². The first kappa shape index (κ1) is 12.6. The summed E-state index contributed by atoms with van der Waals surface area (Å²) in [7, 11) is 0. The number of fused-ring (bicyclic) bond motifs is 1. The zero-order valence-electron chi connectivity index (χ0n) is 11.0. The van der Waals surface area contributed by atoms with Gasteiger partial charge in [0, 0.05) is 5.56 Å². The molecule has 1 aliphatic heterocycles. The first-order valence-corrected chi connectivity index (χ1v) is 6.74. The van der Waals surface area contributed by atoms with E-state index in [2.05, 4.69) is 17.4 Å². The third-order valence-electron chi connectivity index (χ3n) is 3.70. The molecule has 100 valence electrons. The maximum Gasteiger partial charge on any atom is 0.258 e. The number of hydrogen-bond donors (Lipinski definition) is 1. The van der Waals surface area contributed by atoms with Gasteiger partial charge >= 0.3 is 0 Å². The van der Waals surface area contributed by atoms with Crippen molar-refractivity contribution in [1.82, 2.24) is 5.32 Å². The highest BCUT2D eigenvalue weighted by Crippen LogP contribution is 2.28. The van der Waals surface area contributed by atoms with Gasteiger partial charge in [-0.25, -0.2) is 0 Å². The van der Waals surface area contributed by atoms with Crippen molar-refractivity contribution in [2.24, 2.45) is 0 Å². The zero-order valence-corrected chi connectivity index (χ0v) is 11.0. The number of aryl methyl sites for hydroxylation is 1. The first-order chi connectivity index (χ1) is 9.75. The largest absolute Gasteiger partial charge is 0.292 e. The summed E-state index contributed by atoms with van der Waals surface area (Å²) in [5.74, 6) is -0.727. The molecule has 0 spiro atoms. The summed E-state index contributed by atoms with van der Waals surface area (Å²) < 4.78 is 0. The summed E-state index contributed by atoms with van der Waals surface area (Å²) in [6.07, 6.45) is 1.53. The molecule has 0 radical (unpaired) electrons. The van der Waals surface area contributed by atoms with Gasteiger partial charge in [-0.15, -0.1) is 0 Å². The number of rotatable bonds is 3. The monoisotopic (exact) mass is 265 g/mol. The van der Waals surface area contributed by atoms with Crippen LogP contribution in [0.5, 0.6) is 0 Å². The second-order valence-electron chi connectivity index (χ2n) is 4.98. The van der Waals surface area contributed by atoms with Crippen LogP contribution in [0.25, 0.3) is 0 Å². The number of nitrogens with one attached hydrogen (secondary N) is 1. The molecular formula is C17H15NO2. The van der Waals surface area contributed by atoms with Gasteiger partial charge < -0.3 is 0 Å². The van der Waals surface area contributed by atoms with Gasteiger partial charge in [-0.2, -0.15) is 0 Å². The molecule has 20 heavy (non-hydrogen) atoms. The van der Waals surface area contributed by atoms with Gasteiger partial charge in [0.05, 0.1) is 5.92 Å². The van der Waals surface area contributed by atoms with Crippen LogP contribution in [0.4, 0.5) is 0 Å². The summed E-state index contributed by atoms with van der Waals surface area (Å²) in [6.45, 7) is 0. The van der Waals surface area contributed by atoms with Gasteiger partial charge in [-0.3, -0.25) is 14.9 Å². The Bertz CT molecular complexity index is 649. The molecule has 0 aliphatic carbocycles. The molecule has 0 aromatic heterocycles. The SMILES string of the molecule is O=C1NC(=O)C(CCc2ccccc2)c2ccccc21. The average molecular weight is 265 g/mol. The molecule has 0 bridgehead atoms. The highest BCUT2D eigenvalue weighted by molar-refractivity contribution is 6.11. The predicted octanol–water partition coefficient (Wildman–Crippen LogP) is 2.67. The van der Waals surface area contributed by atoms with E-state index in [4.69, 9.17) is 0 Å². The molecule has 2 aromatic carbocycles. The summed E-state index contributed by atoms with van der Waals surface area (Å²) in [6, 6.07) is 17.4. The van der Waals surface area contributed by atoms with Crippen molar-refractivity contribution in [2.45, 2.75) is 18.8 Å². The average Bonchev–Trinajstić information content (AvgIpc) is 2.48. The van der Waals surface area contributed by atoms with Crippen molar-refractivity contribution < 1.29 is 9.59 Å². The Morgan fingerprint density at radius 3 is 2.40 bits per heavy atom. The summed E-state index contributed by atoms with van der Waals surface area (Å²) in [5.41, 5.74) is 2.66. The normalized spacial score (nSPS) is 17.5. The Kier molecular flexibility index (Phi) is 3.33. The molecule has 0 saturated carbocycles. The van der Waals surface area contributed by atoms with E-state index in [1.165, 1.54) is 5.56 Å². The van der Waals surface area contributed by atoms with Crippen LogP contribution in [0.1, 0.15) is 33.8 Å². The van der Waals surface area contributed by atoms with Crippen molar-refractivity contribution in [3.8, 4) is 0 Å². The number of benzene rings is 2. The summed E-state index contributed by atoms with van der Waals surface area (Å²) in [5, 5.41) is 2.44. The Morgan fingerprint density at radius 2 is 1.60 bits per heavy atom. The first-order valence-electron chi connectivity index (χ1n) is 6.74. The number of carbonyl (C=O) groups excluding carboxylic acids is 2. The van der Waals surface area contributed by atoms with E-state index in [1.807, 2.05) is 36.4 Å². The number of hydrogen-bond acceptors (Lipinski definition) is 2. The molecule has 0 saturated heterocycles. The Balaban J connectivity index is 1.84. The summed E-state index contributed by atoms with van der Waals surface area (Å²) >= 11 is 0. The van der Waals surface area contributed by atoms with Crippen molar-refractivity contribution in [1.29, 1.82) is 0 Å². The quantitative estimate of drug-likeness (QED) is 0.867. The van der Waals surface area contributed by atoms with Crippen LogP contribution in [0.15, 0.2) is 54.6 Å². The molecule has 0 fully saturated rings. The third-order valence-corrected chi connectivity index (χ3v) is 3.70. The van der Waals surface area contributed by atoms with Crippen molar-refractivity contribution >= 4 is 11.8 Å². The van der Waals surface area contributed by atoms with Crippen LogP contribution in [0.2, 0.25) is 0 Å². The molecule has 1 heterocycles. The Labute approximate surface area is 117 Å². The molecule has 2 aromatic rings. The number of carbonyl (C=O) groups is 2. The molecule has 1 unspecified atom stereocenters. The highest BCUT2D eigenvalue weighted by atomic mass is 16.2. The topological polar surface area (TPSA) is 46.2 Å². The van der Waals surface area contributed by atoms with Crippen LogP contribution < -0.4 is 5.32 Å². The lowest BCUT2D eigenvalue weighted by atomic mass is 9.85. The zero-order chi connectivity index (χ0) is 13.9. The third kappa shape index (κ3) is 2.35. The Morgan fingerprint density at radius 1 is 0.900 bits per heavy atom. The minimum Gasteiger partial charge on any atom is -0.292 e. The van der Waals surface area contributed by atoms with Crippen LogP contribution >= 0.6 is 0 Å². The van der Waals surface area contributed by atoms with E-state index in [1.54, 1.807) is 6.07 Å². The van der Waals surface area contributed by atoms with E-state index in [-0.39, 0.29) is 17.7 Å². The van der Waals surface area contributed by atoms with Gasteiger partial charge in [0.2, 0.25) is 5.91 Å². The fraction of sp³-hybridized carbons (Fsp3) is 0.176. The maximum atomic E-state index is 12.1. The van der Waals surface area contributed by atoms with Crippen LogP contribution in [0.3, 0.4) is 0 Å². The van der Waals surface area contributed by atoms with Crippen LogP contribution in [0, 0.1) is 0 Å². The molecule has 3 heteroatoms. The van der Waals surface area contributed by atoms with E-state index in [0.717, 1.165) is 12.0 Å². The molecular weight excluding hydrogens is 250 g/mol. The van der Waals surface area contributed by atoms with Gasteiger partial charge in [0.15, 0.2) is 0 Å². The lowest BCUT2D eigenvalue weighted by molar-refractivity contribution is -0.122. The van der Waals surface area contributed by atoms with E-state index in [0.29, 0.717) is 12.0 Å². The fourth-order valence-corrected chi connectivity index (χ4v) is 2.66. The van der Waals surface area contributed by atoms with E-state index >= 15 is 0 Å². The molecule has 2 amide bonds. The van der Waals surface area contributed by atoms with E-state index in [9.17, 15) is 9.59 Å². The highest BCUT2D eigenvalue weighted by Gasteiger charge is 2.31. The second kappa shape index (κ2) is 5.29. The van der Waals surface area contributed by atoms with Crippen LogP contribution in [-0.4, -0.2) is 11.8 Å². The van der Waals surface area contributed by atoms with Gasteiger partial charge in [-0.05, 0) is 30.0 Å². The van der Waals surface area contributed by atoms with Crippen molar-refractivity contribution in [3.63, 3.8) is 0 Å². The smallest absolute Gasteiger partial charge is 0.258 e. The number of amides is 2. The summed E-state index contributed by atoms with van der Waals surface area (Å²) in [4.78, 5) is 23.8. The number of imide groups is 1. The van der Waals surface area contributed by atoms with Crippen molar-refractivity contribution in [3.05, 3.63) is 71.3 Å². The van der Waals surface area contributed by atoms with Gasteiger partial charge in [0.1, 0.15) is 0 Å². The molecule has 1 N–H and O–H groups in total. The van der Waals surface area contributed by atoms with Crippen molar-refractivity contribution in [2.75, 3.05) is 0 Å². The lowest BCUT2D eigenvalue weighted by Crippen LogP contribution is -2.40. The lowest BCUT2D eigenvalue weighted by Gasteiger charge is -2.24. The molecule has 1 atom stereocenters. The minimum absolute atomic E-state index is 0.190. The van der Waals surface area contributed by atoms with Gasteiger partial charge in [0.25, 0.3) is 5.91 Å². The molecule has 3 rings (SSSR count). The standard InChI is InChI=1S/C17H15NO2/c19-16-14-9-5-4-8-13(14)15(17(20)18-16)11-10-12-6-2-1-3-7-12/h1-9,15H,10-11H2,(H,18,19,20). The second-order valence-corrected chi connectivity index (χ2v) is 4.98. The van der Waals surface area contributed by atoms with E-state index < -0.39 is 0 Å². The maximum absolute atomic E-state index is 12.1. The molecule has 3 nitrogen and oxygen atoms in total. The van der Waals surface area contributed by atoms with Crippen LogP contribution in [-0.2, 0) is 11.2 Å². The minimum atomic E-state index is -0.290.